The zero-order valence-corrected chi connectivity index (χ0v) is 16.8. The molecule has 1 aromatic carbocycles. The van der Waals surface area contributed by atoms with E-state index in [4.69, 9.17) is 11.6 Å². The number of pyridine rings is 1. The molecule has 1 amide bonds. The predicted molar refractivity (Wildman–Crippen MR) is 109 cm³/mol. The highest BCUT2D eigenvalue weighted by Gasteiger charge is 2.38. The van der Waals surface area contributed by atoms with Gasteiger partial charge >= 0.3 is 0 Å². The zero-order chi connectivity index (χ0) is 19.9. The summed E-state index contributed by atoms with van der Waals surface area (Å²) in [5.74, 6) is 0.596. The van der Waals surface area contributed by atoms with E-state index in [1.165, 1.54) is 0 Å². The van der Waals surface area contributed by atoms with E-state index in [9.17, 15) is 9.90 Å². The van der Waals surface area contributed by atoms with E-state index in [1.807, 2.05) is 35.9 Å². The van der Waals surface area contributed by atoms with Gasteiger partial charge in [0.25, 0.3) is 5.91 Å². The first kappa shape index (κ1) is 18.9. The summed E-state index contributed by atoms with van der Waals surface area (Å²) in [5.41, 5.74) is 2.51. The van der Waals surface area contributed by atoms with Crippen LogP contribution < -0.4 is 0 Å². The molecule has 0 spiro atoms. The number of nitrogens with zero attached hydrogens (tertiary/aromatic N) is 4. The maximum atomic E-state index is 12.9. The molecule has 1 fully saturated rings. The molecule has 7 heteroatoms. The number of aliphatic hydroxyl groups excluding tert-OH is 1. The summed E-state index contributed by atoms with van der Waals surface area (Å²) in [4.78, 5) is 23.7. The second kappa shape index (κ2) is 7.18. The first-order chi connectivity index (χ1) is 13.4. The zero-order valence-electron chi connectivity index (χ0n) is 16.0. The van der Waals surface area contributed by atoms with E-state index >= 15 is 0 Å². The van der Waals surface area contributed by atoms with Gasteiger partial charge in [0.1, 0.15) is 11.3 Å². The Morgan fingerprint density at radius 3 is 2.75 bits per heavy atom. The van der Waals surface area contributed by atoms with Crippen LogP contribution in [0.1, 0.15) is 29.6 Å². The van der Waals surface area contributed by atoms with Gasteiger partial charge < -0.3 is 14.6 Å². The lowest BCUT2D eigenvalue weighted by molar-refractivity contribution is 0.0146. The van der Waals surface area contributed by atoms with Crippen LogP contribution in [0.3, 0.4) is 0 Å². The Hall–Kier alpha value is -2.44. The van der Waals surface area contributed by atoms with Crippen LogP contribution in [0.4, 0.5) is 0 Å². The van der Waals surface area contributed by atoms with Gasteiger partial charge in [0.05, 0.1) is 17.2 Å². The largest absolute Gasteiger partial charge is 0.396 e. The molecule has 3 aromatic rings. The van der Waals surface area contributed by atoms with Crippen LogP contribution in [0.25, 0.3) is 22.6 Å². The van der Waals surface area contributed by atoms with E-state index < -0.39 is 0 Å². The van der Waals surface area contributed by atoms with E-state index in [0.717, 1.165) is 24.8 Å². The summed E-state index contributed by atoms with van der Waals surface area (Å²) in [6.45, 7) is 0.663. The number of hydrogen-bond donors (Lipinski definition) is 1. The van der Waals surface area contributed by atoms with Gasteiger partial charge in [0.15, 0.2) is 5.65 Å². The van der Waals surface area contributed by atoms with Gasteiger partial charge in [-0.1, -0.05) is 30.2 Å². The number of carbonyl (C=O) groups excluding carboxylic acids is 1. The number of carbonyl (C=O) groups is 1. The normalized spacial score (nSPS) is 15.4. The van der Waals surface area contributed by atoms with Crippen LogP contribution in [-0.2, 0) is 7.05 Å². The minimum absolute atomic E-state index is 0.112. The van der Waals surface area contributed by atoms with Crippen molar-refractivity contribution in [3.05, 3.63) is 47.1 Å². The Bertz CT molecular complexity index is 1040. The average molecular weight is 399 g/mol. The van der Waals surface area contributed by atoms with Crippen molar-refractivity contribution in [3.63, 3.8) is 0 Å². The summed E-state index contributed by atoms with van der Waals surface area (Å²) in [6.07, 6.45) is 4.61. The molecule has 0 radical (unpaired) electrons. The molecule has 1 N–H and O–H groups in total. The van der Waals surface area contributed by atoms with E-state index in [-0.39, 0.29) is 17.9 Å². The molecular formula is C21H23ClN4O2. The third kappa shape index (κ3) is 3.16. The first-order valence-corrected chi connectivity index (χ1v) is 9.76. The molecule has 0 saturated heterocycles. The van der Waals surface area contributed by atoms with Gasteiger partial charge in [-0.3, -0.25) is 4.79 Å². The third-order valence-electron chi connectivity index (χ3n) is 5.74. The van der Waals surface area contributed by atoms with Gasteiger partial charge in [-0.2, -0.15) is 0 Å². The number of rotatable bonds is 5. The summed E-state index contributed by atoms with van der Waals surface area (Å²) in [7, 11) is 3.66. The fraction of sp³-hybridized carbons (Fsp3) is 0.381. The Morgan fingerprint density at radius 2 is 2.11 bits per heavy atom. The van der Waals surface area contributed by atoms with Gasteiger partial charge in [-0.15, -0.1) is 0 Å². The number of fused-ring (bicyclic) bond motifs is 1. The van der Waals surface area contributed by atoms with Crippen LogP contribution in [-0.4, -0.2) is 50.6 Å². The lowest BCUT2D eigenvalue weighted by Gasteiger charge is -2.42. The Kier molecular flexibility index (Phi) is 4.85. The number of hydrogen-bond acceptors (Lipinski definition) is 4. The smallest absolute Gasteiger partial charge is 0.255 e. The highest BCUT2D eigenvalue weighted by atomic mass is 35.5. The monoisotopic (exact) mass is 398 g/mol. The molecule has 1 saturated carbocycles. The quantitative estimate of drug-likeness (QED) is 0.713. The van der Waals surface area contributed by atoms with Crippen molar-refractivity contribution >= 4 is 28.7 Å². The van der Waals surface area contributed by atoms with Crippen LogP contribution in [0.15, 0.2) is 36.5 Å². The molecule has 146 valence electrons. The van der Waals surface area contributed by atoms with Crippen molar-refractivity contribution in [3.8, 4) is 11.4 Å². The average Bonchev–Trinajstić information content (AvgIpc) is 3.00. The molecule has 0 atom stereocenters. The maximum Gasteiger partial charge on any atom is 0.255 e. The topological polar surface area (TPSA) is 71.2 Å². The molecule has 0 unspecified atom stereocenters. The molecule has 28 heavy (non-hydrogen) atoms. The van der Waals surface area contributed by atoms with Crippen molar-refractivity contribution in [2.75, 3.05) is 20.2 Å². The van der Waals surface area contributed by atoms with Crippen molar-refractivity contribution in [2.45, 2.75) is 19.3 Å². The lowest BCUT2D eigenvalue weighted by atomic mass is 9.69. The number of aromatic nitrogens is 3. The molecule has 4 rings (SSSR count). The number of amides is 1. The van der Waals surface area contributed by atoms with Gasteiger partial charge in [0, 0.05) is 37.8 Å². The summed E-state index contributed by atoms with van der Waals surface area (Å²) < 4.78 is 1.88. The highest BCUT2D eigenvalue weighted by Crippen LogP contribution is 2.41. The molecule has 6 nitrogen and oxygen atoms in total. The number of imidazole rings is 1. The van der Waals surface area contributed by atoms with Gasteiger partial charge in [0.2, 0.25) is 0 Å². The SMILES string of the molecule is CN(CC1(CO)CCC1)C(=O)c1cnc2c(c1)nc(-c1ccccc1Cl)n2C. The fourth-order valence-corrected chi connectivity index (χ4v) is 4.14. The minimum Gasteiger partial charge on any atom is -0.396 e. The molecular weight excluding hydrogens is 376 g/mol. The predicted octanol–water partition coefficient (Wildman–Crippen LogP) is 3.52. The molecule has 2 aromatic heterocycles. The minimum atomic E-state index is -0.149. The standard InChI is InChI=1S/C21H23ClN4O2/c1-25(12-21(13-27)8-5-9-21)20(28)14-10-17-19(23-11-14)26(2)18(24-17)15-6-3-4-7-16(15)22/h3-4,6-7,10-11,27H,5,8-9,12-13H2,1-2H3. The molecule has 1 aliphatic carbocycles. The molecule has 0 aliphatic heterocycles. The number of benzene rings is 1. The maximum absolute atomic E-state index is 12.9. The molecule has 2 heterocycles. The van der Waals surface area contributed by atoms with E-state index in [1.54, 1.807) is 24.2 Å². The highest BCUT2D eigenvalue weighted by molar-refractivity contribution is 6.33. The van der Waals surface area contributed by atoms with E-state index in [0.29, 0.717) is 34.1 Å². The third-order valence-corrected chi connectivity index (χ3v) is 6.07. The lowest BCUT2D eigenvalue weighted by Crippen LogP contribution is -2.45. The second-order valence-electron chi connectivity index (χ2n) is 7.71. The number of aliphatic hydroxyl groups is 1. The molecule has 1 aliphatic rings. The van der Waals surface area contributed by atoms with Crippen molar-refractivity contribution < 1.29 is 9.90 Å². The van der Waals surface area contributed by atoms with Crippen LogP contribution in [0.2, 0.25) is 5.02 Å². The fourth-order valence-electron chi connectivity index (χ4n) is 3.91. The summed E-state index contributed by atoms with van der Waals surface area (Å²) in [5, 5.41) is 10.3. The second-order valence-corrected chi connectivity index (χ2v) is 8.12. The van der Waals surface area contributed by atoms with Crippen molar-refractivity contribution in [2.24, 2.45) is 12.5 Å². The van der Waals surface area contributed by atoms with E-state index in [2.05, 4.69) is 9.97 Å². The van der Waals surface area contributed by atoms with Crippen molar-refractivity contribution in [1.29, 1.82) is 0 Å². The first-order valence-electron chi connectivity index (χ1n) is 9.38. The van der Waals surface area contributed by atoms with Gasteiger partial charge in [-0.05, 0) is 31.0 Å². The summed E-state index contributed by atoms with van der Waals surface area (Å²) in [6, 6.07) is 9.30. The number of halogens is 1. The Labute approximate surface area is 168 Å². The van der Waals surface area contributed by atoms with Crippen LogP contribution in [0, 0.1) is 5.41 Å². The molecule has 0 bridgehead atoms. The van der Waals surface area contributed by atoms with Crippen LogP contribution in [0.5, 0.6) is 0 Å². The number of aryl methyl sites for hydroxylation is 1. The summed E-state index contributed by atoms with van der Waals surface area (Å²) >= 11 is 6.32. The van der Waals surface area contributed by atoms with Crippen molar-refractivity contribution in [1.82, 2.24) is 19.4 Å². The van der Waals surface area contributed by atoms with Crippen LogP contribution >= 0.6 is 11.6 Å². The Balaban J connectivity index is 1.64. The van der Waals surface area contributed by atoms with Gasteiger partial charge in [-0.25, -0.2) is 9.97 Å². The Morgan fingerprint density at radius 1 is 1.36 bits per heavy atom.